The van der Waals surface area contributed by atoms with Crippen LogP contribution in [0.1, 0.15) is 5.56 Å². The molecule has 0 aliphatic rings. The smallest absolute Gasteiger partial charge is 0.119 e. The van der Waals surface area contributed by atoms with Gasteiger partial charge in [-0.1, -0.05) is 36.0 Å². The number of hydrogen-bond acceptors (Lipinski definition) is 4. The number of rotatable bonds is 3. The molecule has 0 aliphatic heterocycles. The van der Waals surface area contributed by atoms with Crippen LogP contribution in [-0.4, -0.2) is 12.1 Å². The summed E-state index contributed by atoms with van der Waals surface area (Å²) in [7, 11) is 1.64. The quantitative estimate of drug-likeness (QED) is 0.723. The molecule has 0 saturated heterocycles. The summed E-state index contributed by atoms with van der Waals surface area (Å²) in [5.74, 6) is 0.791. The highest BCUT2D eigenvalue weighted by atomic mass is 32.2. The van der Waals surface area contributed by atoms with E-state index in [1.54, 1.807) is 7.11 Å². The summed E-state index contributed by atoms with van der Waals surface area (Å²) in [6, 6.07) is 19.6. The van der Waals surface area contributed by atoms with E-state index in [0.29, 0.717) is 10.6 Å². The third kappa shape index (κ3) is 2.83. The first-order valence-corrected chi connectivity index (χ1v) is 7.23. The summed E-state index contributed by atoms with van der Waals surface area (Å²) in [6.07, 6.45) is 0. The Morgan fingerprint density at radius 3 is 2.76 bits per heavy atom. The first-order chi connectivity index (χ1) is 10.3. The number of nitriles is 1. The topological polar surface area (TPSA) is 45.9 Å². The lowest BCUT2D eigenvalue weighted by Crippen LogP contribution is -1.89. The predicted octanol–water partition coefficient (Wildman–Crippen LogP) is 4.27. The summed E-state index contributed by atoms with van der Waals surface area (Å²) >= 11 is 1.47. The molecule has 3 rings (SSSR count). The monoisotopic (exact) mass is 292 g/mol. The molecule has 0 aliphatic carbocycles. The van der Waals surface area contributed by atoms with Gasteiger partial charge in [-0.2, -0.15) is 5.26 Å². The summed E-state index contributed by atoms with van der Waals surface area (Å²) in [5, 5.41) is 11.0. The van der Waals surface area contributed by atoms with E-state index in [4.69, 9.17) is 4.74 Å². The fourth-order valence-corrected chi connectivity index (χ4v) is 2.94. The Balaban J connectivity index is 2.04. The van der Waals surface area contributed by atoms with E-state index in [1.165, 1.54) is 11.8 Å². The third-order valence-electron chi connectivity index (χ3n) is 3.07. The predicted molar refractivity (Wildman–Crippen MR) is 83.6 cm³/mol. The molecule has 0 bridgehead atoms. The molecule has 21 heavy (non-hydrogen) atoms. The molecule has 0 spiro atoms. The number of aromatic nitrogens is 1. The van der Waals surface area contributed by atoms with E-state index in [9.17, 15) is 5.26 Å². The van der Waals surface area contributed by atoms with Gasteiger partial charge in [-0.25, -0.2) is 4.98 Å². The van der Waals surface area contributed by atoms with Crippen molar-refractivity contribution in [3.05, 3.63) is 60.2 Å². The summed E-state index contributed by atoms with van der Waals surface area (Å²) in [5.41, 5.74) is 1.48. The molecule has 0 amide bonds. The summed E-state index contributed by atoms with van der Waals surface area (Å²) in [6.45, 7) is 0. The van der Waals surface area contributed by atoms with E-state index in [-0.39, 0.29) is 0 Å². The van der Waals surface area contributed by atoms with Gasteiger partial charge in [0.25, 0.3) is 0 Å². The van der Waals surface area contributed by atoms with Crippen molar-refractivity contribution in [2.45, 2.75) is 9.92 Å². The van der Waals surface area contributed by atoms with Crippen LogP contribution in [0.15, 0.2) is 64.5 Å². The minimum atomic E-state index is 0.585. The number of nitrogens with zero attached hydrogens (tertiary/aromatic N) is 2. The lowest BCUT2D eigenvalue weighted by molar-refractivity contribution is 0.413. The fourth-order valence-electron chi connectivity index (χ4n) is 2.03. The van der Waals surface area contributed by atoms with Crippen molar-refractivity contribution in [3.63, 3.8) is 0 Å². The van der Waals surface area contributed by atoms with Gasteiger partial charge in [0.2, 0.25) is 0 Å². The molecule has 0 fully saturated rings. The molecule has 3 nitrogen and oxygen atoms in total. The highest BCUT2D eigenvalue weighted by Gasteiger charge is 2.09. The van der Waals surface area contributed by atoms with Crippen LogP contribution in [0.5, 0.6) is 5.75 Å². The van der Waals surface area contributed by atoms with Crippen molar-refractivity contribution in [3.8, 4) is 11.8 Å². The molecule has 0 atom stereocenters. The number of hydrogen-bond donors (Lipinski definition) is 0. The molecule has 102 valence electrons. The number of fused-ring (bicyclic) bond motifs is 1. The maximum atomic E-state index is 9.33. The molecule has 3 aromatic rings. The molecular formula is C17H12N2OS. The Morgan fingerprint density at radius 2 is 1.95 bits per heavy atom. The van der Waals surface area contributed by atoms with Crippen molar-refractivity contribution in [2.75, 3.05) is 7.11 Å². The van der Waals surface area contributed by atoms with Crippen LogP contribution < -0.4 is 4.74 Å². The molecule has 0 N–H and O–H groups in total. The lowest BCUT2D eigenvalue weighted by Gasteiger charge is -2.07. The van der Waals surface area contributed by atoms with E-state index in [0.717, 1.165) is 21.5 Å². The lowest BCUT2D eigenvalue weighted by atomic mass is 10.2. The van der Waals surface area contributed by atoms with Crippen LogP contribution in [0.3, 0.4) is 0 Å². The molecule has 0 saturated carbocycles. The fraction of sp³-hybridized carbons (Fsp3) is 0.0588. The summed E-state index contributed by atoms with van der Waals surface area (Å²) < 4.78 is 5.22. The van der Waals surface area contributed by atoms with Crippen LogP contribution in [0.2, 0.25) is 0 Å². The van der Waals surface area contributed by atoms with Gasteiger partial charge in [0.05, 0.1) is 18.2 Å². The second-order valence-electron chi connectivity index (χ2n) is 4.43. The maximum Gasteiger partial charge on any atom is 0.119 e. The Labute approximate surface area is 127 Å². The second-order valence-corrected chi connectivity index (χ2v) is 5.49. The summed E-state index contributed by atoms with van der Waals surface area (Å²) in [4.78, 5) is 5.59. The molecule has 0 radical (unpaired) electrons. The zero-order valence-electron chi connectivity index (χ0n) is 11.4. The molecule has 4 heteroatoms. The minimum Gasteiger partial charge on any atom is -0.497 e. The number of para-hydroxylation sites is 1. The van der Waals surface area contributed by atoms with Gasteiger partial charge in [0, 0.05) is 10.3 Å². The average molecular weight is 292 g/mol. The molecule has 2 aromatic carbocycles. The van der Waals surface area contributed by atoms with Crippen LogP contribution in [0, 0.1) is 11.3 Å². The van der Waals surface area contributed by atoms with Crippen molar-refractivity contribution in [2.24, 2.45) is 0 Å². The third-order valence-corrected chi connectivity index (χ3v) is 4.06. The molecule has 1 heterocycles. The van der Waals surface area contributed by atoms with Gasteiger partial charge in [-0.15, -0.1) is 0 Å². The number of methoxy groups -OCH3 is 1. The first kappa shape index (κ1) is 13.5. The minimum absolute atomic E-state index is 0.585. The van der Waals surface area contributed by atoms with Crippen molar-refractivity contribution in [1.82, 2.24) is 4.98 Å². The number of benzene rings is 2. The standard InChI is InChI=1S/C17H12N2OS/c1-20-14-6-4-7-15(10-14)21-17-13(11-18)9-12-5-2-3-8-16(12)19-17/h2-10H,1H3. The zero-order valence-corrected chi connectivity index (χ0v) is 12.2. The van der Waals surface area contributed by atoms with Crippen molar-refractivity contribution < 1.29 is 4.74 Å². The van der Waals surface area contributed by atoms with Crippen LogP contribution in [-0.2, 0) is 0 Å². The van der Waals surface area contributed by atoms with Crippen molar-refractivity contribution >= 4 is 22.7 Å². The molecule has 1 aromatic heterocycles. The van der Waals surface area contributed by atoms with E-state index >= 15 is 0 Å². The van der Waals surface area contributed by atoms with Crippen LogP contribution >= 0.6 is 11.8 Å². The van der Waals surface area contributed by atoms with E-state index < -0.39 is 0 Å². The van der Waals surface area contributed by atoms with E-state index in [2.05, 4.69) is 11.1 Å². The van der Waals surface area contributed by atoms with Crippen molar-refractivity contribution in [1.29, 1.82) is 5.26 Å². The second kappa shape index (κ2) is 5.86. The van der Waals surface area contributed by atoms with Gasteiger partial charge in [-0.05, 0) is 30.3 Å². The first-order valence-electron chi connectivity index (χ1n) is 6.42. The highest BCUT2D eigenvalue weighted by Crippen LogP contribution is 2.32. The van der Waals surface area contributed by atoms with Gasteiger partial charge in [-0.3, -0.25) is 0 Å². The average Bonchev–Trinajstić information content (AvgIpc) is 2.54. The molecular weight excluding hydrogens is 280 g/mol. The number of pyridine rings is 1. The zero-order chi connectivity index (χ0) is 14.7. The van der Waals surface area contributed by atoms with Gasteiger partial charge in [0.15, 0.2) is 0 Å². The highest BCUT2D eigenvalue weighted by molar-refractivity contribution is 7.99. The normalized spacial score (nSPS) is 10.3. The Hall–Kier alpha value is -2.51. The Bertz CT molecular complexity index is 840. The Kier molecular flexibility index (Phi) is 3.76. The SMILES string of the molecule is COc1cccc(Sc2nc3ccccc3cc2C#N)c1. The van der Waals surface area contributed by atoms with Crippen LogP contribution in [0.25, 0.3) is 10.9 Å². The maximum absolute atomic E-state index is 9.33. The Morgan fingerprint density at radius 1 is 1.10 bits per heavy atom. The van der Waals surface area contributed by atoms with E-state index in [1.807, 2.05) is 54.6 Å². The largest absolute Gasteiger partial charge is 0.497 e. The number of ether oxygens (including phenoxy) is 1. The molecule has 0 unspecified atom stereocenters. The van der Waals surface area contributed by atoms with Gasteiger partial charge < -0.3 is 4.74 Å². The van der Waals surface area contributed by atoms with Gasteiger partial charge in [0.1, 0.15) is 16.8 Å². The van der Waals surface area contributed by atoms with Crippen LogP contribution in [0.4, 0.5) is 0 Å². The van der Waals surface area contributed by atoms with Gasteiger partial charge >= 0.3 is 0 Å².